The minimum atomic E-state index is -2.83. The largest absolute Gasteiger partial charge is 0.434 e. The van der Waals surface area contributed by atoms with Crippen molar-refractivity contribution in [2.24, 2.45) is 0 Å². The molecule has 0 saturated carbocycles. The molecule has 16 heavy (non-hydrogen) atoms. The van der Waals surface area contributed by atoms with Crippen molar-refractivity contribution >= 4 is 44.3 Å². The highest BCUT2D eigenvalue weighted by Crippen LogP contribution is 2.24. The number of benzene rings is 1. The van der Waals surface area contributed by atoms with Crippen molar-refractivity contribution in [3.05, 3.63) is 27.3 Å². The molecule has 0 aromatic heterocycles. The van der Waals surface area contributed by atoms with Gasteiger partial charge in [0.15, 0.2) is 0 Å². The molecule has 1 rings (SSSR count). The molecule has 0 atom stereocenters. The van der Waals surface area contributed by atoms with Gasteiger partial charge in [0.2, 0.25) is 0 Å². The summed E-state index contributed by atoms with van der Waals surface area (Å²) >= 11 is 4.96. The first-order chi connectivity index (χ1) is 7.52. The first-order valence-corrected chi connectivity index (χ1v) is 6.54. The van der Waals surface area contributed by atoms with Gasteiger partial charge in [0.25, 0.3) is 0 Å². The van der Waals surface area contributed by atoms with E-state index < -0.39 is 6.61 Å². The Bertz CT molecular complexity index is 385. The molecule has 0 spiro atoms. The van der Waals surface area contributed by atoms with E-state index in [1.165, 1.54) is 6.07 Å². The molecule has 1 aromatic carbocycles. The molecule has 2 nitrogen and oxygen atoms in total. The Hall–Kier alpha value is -0.240. The second-order valence-corrected chi connectivity index (χ2v) is 4.72. The topological polar surface area (TPSA) is 26.3 Å². The maximum atomic E-state index is 12.0. The van der Waals surface area contributed by atoms with Crippen LogP contribution in [0.2, 0.25) is 0 Å². The van der Waals surface area contributed by atoms with Crippen LogP contribution in [-0.4, -0.2) is 17.7 Å². The third-order valence-corrected chi connectivity index (χ3v) is 3.23. The summed E-state index contributed by atoms with van der Waals surface area (Å²) in [7, 11) is 0. The van der Waals surface area contributed by atoms with E-state index in [2.05, 4.69) is 20.7 Å². The van der Waals surface area contributed by atoms with Gasteiger partial charge in [-0.1, -0.05) is 22.0 Å². The third kappa shape index (κ3) is 4.32. The van der Waals surface area contributed by atoms with Crippen LogP contribution < -0.4 is 4.74 Å². The summed E-state index contributed by atoms with van der Waals surface area (Å²) in [6, 6.07) is 4.73. The molecule has 0 aliphatic carbocycles. The molecule has 0 unspecified atom stereocenters. The van der Waals surface area contributed by atoms with E-state index >= 15 is 0 Å². The highest BCUT2D eigenvalue weighted by Gasteiger charge is 2.09. The van der Waals surface area contributed by atoms with Crippen LogP contribution in [-0.2, 0) is 11.2 Å². The quantitative estimate of drug-likeness (QED) is 0.555. The van der Waals surface area contributed by atoms with Gasteiger partial charge in [-0.15, -0.1) is 0 Å². The number of carbonyl (C=O) groups excluding carboxylic acids is 1. The van der Waals surface area contributed by atoms with E-state index in [1.807, 2.05) is 22.6 Å². The SMILES string of the molecule is O=C(CBr)Cc1ccc(OC(F)F)c(I)c1. The summed E-state index contributed by atoms with van der Waals surface area (Å²) in [5.41, 5.74) is 0.787. The van der Waals surface area contributed by atoms with Crippen LogP contribution in [0.4, 0.5) is 8.78 Å². The van der Waals surface area contributed by atoms with Gasteiger partial charge < -0.3 is 4.74 Å². The summed E-state index contributed by atoms with van der Waals surface area (Å²) < 4.78 is 28.8. The first-order valence-electron chi connectivity index (χ1n) is 4.34. The molecule has 0 radical (unpaired) electrons. The molecular formula is C10H8BrF2IO2. The Kier molecular flexibility index (Phi) is 5.60. The highest BCUT2D eigenvalue weighted by molar-refractivity contribution is 14.1. The number of hydrogen-bond donors (Lipinski definition) is 0. The number of halogens is 4. The fraction of sp³-hybridized carbons (Fsp3) is 0.300. The van der Waals surface area contributed by atoms with Crippen LogP contribution in [0.25, 0.3) is 0 Å². The number of hydrogen-bond acceptors (Lipinski definition) is 2. The van der Waals surface area contributed by atoms with Gasteiger partial charge in [0, 0.05) is 6.42 Å². The van der Waals surface area contributed by atoms with Gasteiger partial charge in [0.1, 0.15) is 11.5 Å². The zero-order valence-corrected chi connectivity index (χ0v) is 11.8. The number of ether oxygens (including phenoxy) is 1. The predicted molar refractivity (Wildman–Crippen MR) is 68.3 cm³/mol. The van der Waals surface area contributed by atoms with Gasteiger partial charge in [0.05, 0.1) is 8.90 Å². The molecule has 0 saturated heterocycles. The summed E-state index contributed by atoms with van der Waals surface area (Å²) in [6.45, 7) is -2.83. The molecule has 0 aliphatic rings. The van der Waals surface area contributed by atoms with Gasteiger partial charge in [-0.05, 0) is 40.3 Å². The van der Waals surface area contributed by atoms with Crippen LogP contribution in [0.5, 0.6) is 5.75 Å². The van der Waals surface area contributed by atoms with E-state index in [0.717, 1.165) is 5.56 Å². The molecule has 0 bridgehead atoms. The predicted octanol–water partition coefficient (Wildman–Crippen LogP) is 3.40. The molecule has 0 amide bonds. The summed E-state index contributed by atoms with van der Waals surface area (Å²) in [6.07, 6.45) is 0.288. The summed E-state index contributed by atoms with van der Waals surface area (Å²) in [5, 5.41) is 0.291. The Morgan fingerprint density at radius 2 is 2.19 bits per heavy atom. The van der Waals surface area contributed by atoms with E-state index in [-0.39, 0.29) is 18.0 Å². The Balaban J connectivity index is 2.78. The summed E-state index contributed by atoms with van der Waals surface area (Å²) in [4.78, 5) is 11.2. The number of rotatable bonds is 5. The maximum Gasteiger partial charge on any atom is 0.387 e. The minimum absolute atomic E-state index is 0.0401. The second kappa shape index (κ2) is 6.48. The van der Waals surface area contributed by atoms with Crippen molar-refractivity contribution < 1.29 is 18.3 Å². The molecule has 0 aliphatic heterocycles. The average molecular weight is 405 g/mol. The lowest BCUT2D eigenvalue weighted by Gasteiger charge is -2.08. The van der Waals surface area contributed by atoms with Crippen LogP contribution in [0, 0.1) is 3.57 Å². The number of alkyl halides is 3. The van der Waals surface area contributed by atoms with Gasteiger partial charge in [-0.25, -0.2) is 0 Å². The molecule has 88 valence electrons. The van der Waals surface area contributed by atoms with Crippen molar-refractivity contribution in [1.82, 2.24) is 0 Å². The normalized spacial score (nSPS) is 10.6. The third-order valence-electron chi connectivity index (χ3n) is 1.76. The molecule has 0 heterocycles. The smallest absolute Gasteiger partial charge is 0.387 e. The van der Waals surface area contributed by atoms with Crippen molar-refractivity contribution in [3.8, 4) is 5.75 Å². The van der Waals surface area contributed by atoms with Crippen molar-refractivity contribution in [2.75, 3.05) is 5.33 Å². The highest BCUT2D eigenvalue weighted by atomic mass is 127. The Morgan fingerprint density at radius 1 is 1.50 bits per heavy atom. The second-order valence-electron chi connectivity index (χ2n) is 2.99. The lowest BCUT2D eigenvalue weighted by atomic mass is 10.1. The Labute approximate surface area is 114 Å². The van der Waals surface area contributed by atoms with Crippen LogP contribution in [0.1, 0.15) is 5.56 Å². The standard InChI is InChI=1S/C10H8BrF2IO2/c11-5-7(15)3-6-1-2-9(8(14)4-6)16-10(12)13/h1-2,4,10H,3,5H2. The molecule has 6 heteroatoms. The van der Waals surface area contributed by atoms with Crippen LogP contribution in [0.3, 0.4) is 0 Å². The van der Waals surface area contributed by atoms with Crippen molar-refractivity contribution in [1.29, 1.82) is 0 Å². The van der Waals surface area contributed by atoms with Crippen molar-refractivity contribution in [2.45, 2.75) is 13.0 Å². The maximum absolute atomic E-state index is 12.0. The fourth-order valence-corrected chi connectivity index (χ4v) is 2.03. The van der Waals surface area contributed by atoms with E-state index in [0.29, 0.717) is 8.90 Å². The molecule has 0 N–H and O–H groups in total. The molecule has 1 aromatic rings. The lowest BCUT2D eigenvalue weighted by molar-refractivity contribution is -0.115. The fourth-order valence-electron chi connectivity index (χ4n) is 1.12. The number of carbonyl (C=O) groups is 1. The van der Waals surface area contributed by atoms with Gasteiger partial charge in [-0.3, -0.25) is 4.79 Å². The van der Waals surface area contributed by atoms with Crippen LogP contribution in [0.15, 0.2) is 18.2 Å². The zero-order valence-electron chi connectivity index (χ0n) is 8.05. The lowest BCUT2D eigenvalue weighted by Crippen LogP contribution is -2.06. The monoisotopic (exact) mass is 404 g/mol. The van der Waals surface area contributed by atoms with E-state index in [9.17, 15) is 13.6 Å². The molecule has 0 fully saturated rings. The average Bonchev–Trinajstić information content (AvgIpc) is 2.21. The minimum Gasteiger partial charge on any atom is -0.434 e. The van der Waals surface area contributed by atoms with Gasteiger partial charge in [-0.2, -0.15) is 8.78 Å². The number of Topliss-reactive ketones (excluding diaryl/α,β-unsaturated/α-hetero) is 1. The summed E-state index contributed by atoms with van der Waals surface area (Å²) in [5.74, 6) is 0.170. The van der Waals surface area contributed by atoms with E-state index in [4.69, 9.17) is 0 Å². The van der Waals surface area contributed by atoms with Crippen LogP contribution >= 0.6 is 38.5 Å². The Morgan fingerprint density at radius 3 is 2.69 bits per heavy atom. The first kappa shape index (κ1) is 13.8. The zero-order chi connectivity index (χ0) is 12.1. The van der Waals surface area contributed by atoms with E-state index in [1.54, 1.807) is 12.1 Å². The molecular weight excluding hydrogens is 397 g/mol. The van der Waals surface area contributed by atoms with Gasteiger partial charge >= 0.3 is 6.61 Å². The number of ketones is 1. The van der Waals surface area contributed by atoms with Crippen molar-refractivity contribution in [3.63, 3.8) is 0 Å².